The largest absolute Gasteiger partial charge is 0.416 e. The van der Waals surface area contributed by atoms with Gasteiger partial charge in [-0.05, 0) is 30.5 Å². The number of oxime groups is 2. The molecule has 1 N–H and O–H groups in total. The Bertz CT molecular complexity index is 1020. The van der Waals surface area contributed by atoms with E-state index >= 15 is 0 Å². The molecule has 0 atom stereocenters. The first kappa shape index (κ1) is 24.9. The third kappa shape index (κ3) is 6.09. The fourth-order valence-electron chi connectivity index (χ4n) is 3.05. The molecule has 9 heteroatoms. The Balaban J connectivity index is 2.39. The van der Waals surface area contributed by atoms with Gasteiger partial charge in [-0.1, -0.05) is 54.5 Å². The van der Waals surface area contributed by atoms with Gasteiger partial charge in [0.1, 0.15) is 13.7 Å². The first-order chi connectivity index (χ1) is 15.1. The lowest BCUT2D eigenvalue weighted by Gasteiger charge is -2.15. The monoisotopic (exact) mass is 449 g/mol. The van der Waals surface area contributed by atoms with Crippen LogP contribution >= 0.6 is 0 Å². The van der Waals surface area contributed by atoms with Crippen molar-refractivity contribution in [1.82, 2.24) is 5.32 Å². The molecule has 0 fully saturated rings. The molecule has 6 nitrogen and oxygen atoms in total. The summed E-state index contributed by atoms with van der Waals surface area (Å²) in [4.78, 5) is 22.6. The van der Waals surface area contributed by atoms with Gasteiger partial charge in [0.25, 0.3) is 5.91 Å². The van der Waals surface area contributed by atoms with Crippen molar-refractivity contribution in [3.05, 3.63) is 70.3 Å². The van der Waals surface area contributed by atoms with E-state index in [0.717, 1.165) is 17.7 Å². The number of hydrogen-bond donors (Lipinski definition) is 1. The second-order valence-corrected chi connectivity index (χ2v) is 7.29. The number of nitrogens with one attached hydrogen (secondary N) is 1. The minimum atomic E-state index is -4.45. The van der Waals surface area contributed by atoms with Crippen LogP contribution in [-0.2, 0) is 27.3 Å². The molecule has 0 spiro atoms. The van der Waals surface area contributed by atoms with Crippen LogP contribution in [-0.4, -0.2) is 31.5 Å². The fourth-order valence-corrected chi connectivity index (χ4v) is 3.05. The fraction of sp³-hybridized carbons (Fsp3) is 0.348. The highest BCUT2D eigenvalue weighted by Gasteiger charge is 2.31. The predicted octanol–water partition coefficient (Wildman–Crippen LogP) is 4.69. The van der Waals surface area contributed by atoms with Gasteiger partial charge in [0.15, 0.2) is 5.71 Å². The number of amides is 1. The lowest BCUT2D eigenvalue weighted by atomic mass is 9.98. The molecule has 0 heterocycles. The molecule has 0 saturated carbocycles. The molecule has 0 aromatic heterocycles. The van der Waals surface area contributed by atoms with Gasteiger partial charge in [-0.2, -0.15) is 13.2 Å². The number of carbonyl (C=O) groups excluding carboxylic acids is 1. The maximum absolute atomic E-state index is 13.1. The van der Waals surface area contributed by atoms with Crippen molar-refractivity contribution < 1.29 is 27.6 Å². The zero-order chi connectivity index (χ0) is 23.9. The SMILES string of the molecule is CNC(=O)/C(=N/OC)c1cccc(C)c1CO/N=C(/c1cccc(C(F)(F)F)c1)C(C)C. The Kier molecular flexibility index (Phi) is 8.40. The summed E-state index contributed by atoms with van der Waals surface area (Å²) >= 11 is 0. The number of rotatable bonds is 8. The highest BCUT2D eigenvalue weighted by atomic mass is 19.4. The number of carbonyl (C=O) groups is 1. The van der Waals surface area contributed by atoms with Crippen molar-refractivity contribution in [3.8, 4) is 0 Å². The number of alkyl halides is 3. The first-order valence-electron chi connectivity index (χ1n) is 9.89. The van der Waals surface area contributed by atoms with Crippen molar-refractivity contribution in [2.45, 2.75) is 33.6 Å². The molecule has 1 amide bonds. The van der Waals surface area contributed by atoms with Crippen LogP contribution in [0.3, 0.4) is 0 Å². The average molecular weight is 449 g/mol. The molecule has 0 unspecified atom stereocenters. The van der Waals surface area contributed by atoms with E-state index in [9.17, 15) is 18.0 Å². The summed E-state index contributed by atoms with van der Waals surface area (Å²) in [7, 11) is 2.82. The number of benzene rings is 2. The summed E-state index contributed by atoms with van der Waals surface area (Å²) in [5.74, 6) is -0.625. The molecular weight excluding hydrogens is 423 g/mol. The van der Waals surface area contributed by atoms with Gasteiger partial charge in [0.2, 0.25) is 0 Å². The maximum Gasteiger partial charge on any atom is 0.416 e. The van der Waals surface area contributed by atoms with Crippen LogP contribution in [0.15, 0.2) is 52.8 Å². The molecule has 0 saturated heterocycles. The molecule has 0 radical (unpaired) electrons. The lowest BCUT2D eigenvalue weighted by molar-refractivity contribution is -0.137. The molecule has 0 aliphatic carbocycles. The van der Waals surface area contributed by atoms with E-state index in [-0.39, 0.29) is 18.2 Å². The van der Waals surface area contributed by atoms with Gasteiger partial charge in [-0.3, -0.25) is 4.79 Å². The zero-order valence-corrected chi connectivity index (χ0v) is 18.6. The topological polar surface area (TPSA) is 72.3 Å². The van der Waals surface area contributed by atoms with Crippen LogP contribution < -0.4 is 5.32 Å². The van der Waals surface area contributed by atoms with E-state index in [1.807, 2.05) is 26.8 Å². The number of hydrogen-bond acceptors (Lipinski definition) is 5. The molecular formula is C23H26F3N3O3. The Morgan fingerprint density at radius 2 is 1.81 bits per heavy atom. The Morgan fingerprint density at radius 3 is 2.41 bits per heavy atom. The third-order valence-electron chi connectivity index (χ3n) is 4.69. The van der Waals surface area contributed by atoms with E-state index in [4.69, 9.17) is 9.68 Å². The van der Waals surface area contributed by atoms with Gasteiger partial charge in [0, 0.05) is 23.7 Å². The second kappa shape index (κ2) is 10.8. The van der Waals surface area contributed by atoms with Crippen molar-refractivity contribution in [3.63, 3.8) is 0 Å². The summed E-state index contributed by atoms with van der Waals surface area (Å²) < 4.78 is 39.3. The van der Waals surface area contributed by atoms with Gasteiger partial charge in [-0.25, -0.2) is 0 Å². The van der Waals surface area contributed by atoms with E-state index in [0.29, 0.717) is 22.4 Å². The average Bonchev–Trinajstić information content (AvgIpc) is 2.74. The summed E-state index contributed by atoms with van der Waals surface area (Å²) in [5.41, 5.74) is 2.01. The molecule has 172 valence electrons. The van der Waals surface area contributed by atoms with Crippen molar-refractivity contribution in [2.24, 2.45) is 16.2 Å². The molecule has 2 rings (SSSR count). The second-order valence-electron chi connectivity index (χ2n) is 7.29. The Morgan fingerprint density at radius 1 is 1.12 bits per heavy atom. The summed E-state index contributed by atoms with van der Waals surface area (Å²) in [6.07, 6.45) is -4.45. The molecule has 0 bridgehead atoms. The van der Waals surface area contributed by atoms with Crippen molar-refractivity contribution >= 4 is 17.3 Å². The Hall–Kier alpha value is -3.36. The Labute approximate surface area is 185 Å². The maximum atomic E-state index is 13.1. The van der Waals surface area contributed by atoms with Gasteiger partial charge in [-0.15, -0.1) is 0 Å². The summed E-state index contributed by atoms with van der Waals surface area (Å²) in [6.45, 7) is 5.46. The molecule has 32 heavy (non-hydrogen) atoms. The normalized spacial score (nSPS) is 12.7. The minimum Gasteiger partial charge on any atom is -0.398 e. The molecule has 2 aromatic rings. The van der Waals surface area contributed by atoms with Crippen LogP contribution in [0, 0.1) is 12.8 Å². The van der Waals surface area contributed by atoms with E-state index < -0.39 is 17.6 Å². The van der Waals surface area contributed by atoms with Gasteiger partial charge >= 0.3 is 6.18 Å². The van der Waals surface area contributed by atoms with Crippen LogP contribution in [0.1, 0.15) is 41.7 Å². The van der Waals surface area contributed by atoms with Crippen LogP contribution in [0.5, 0.6) is 0 Å². The number of nitrogens with zero attached hydrogens (tertiary/aromatic N) is 2. The number of likely N-dealkylation sites (N-methyl/N-ethyl adjacent to an activating group) is 1. The van der Waals surface area contributed by atoms with Gasteiger partial charge in [0.05, 0.1) is 11.3 Å². The standard InChI is InChI=1S/C23H26F3N3O3/c1-14(2)20(16-9-7-10-17(12-16)23(24,25)26)29-32-13-19-15(3)8-6-11-18(19)21(28-31-5)22(30)27-4/h6-12,14H,13H2,1-5H3,(H,27,30)/b28-21+,29-20+. The minimum absolute atomic E-state index is 0.0169. The molecule has 0 aliphatic rings. The van der Waals surface area contributed by atoms with Crippen LogP contribution in [0.2, 0.25) is 0 Å². The third-order valence-corrected chi connectivity index (χ3v) is 4.69. The molecule has 0 aliphatic heterocycles. The summed E-state index contributed by atoms with van der Waals surface area (Å²) in [5, 5.41) is 10.5. The van der Waals surface area contributed by atoms with Crippen LogP contribution in [0.4, 0.5) is 13.2 Å². The smallest absolute Gasteiger partial charge is 0.398 e. The quantitative estimate of drug-likeness (QED) is 0.470. The first-order valence-corrected chi connectivity index (χ1v) is 9.89. The van der Waals surface area contributed by atoms with E-state index in [1.54, 1.807) is 18.2 Å². The van der Waals surface area contributed by atoms with Gasteiger partial charge < -0.3 is 15.0 Å². The number of aryl methyl sites for hydroxylation is 1. The molecule has 2 aromatic carbocycles. The highest BCUT2D eigenvalue weighted by molar-refractivity contribution is 6.45. The zero-order valence-electron chi connectivity index (χ0n) is 18.6. The van der Waals surface area contributed by atoms with E-state index in [1.165, 1.54) is 20.2 Å². The predicted molar refractivity (Wildman–Crippen MR) is 116 cm³/mol. The lowest BCUT2D eigenvalue weighted by Crippen LogP contribution is -2.29. The van der Waals surface area contributed by atoms with Crippen molar-refractivity contribution in [1.29, 1.82) is 0 Å². The van der Waals surface area contributed by atoms with E-state index in [2.05, 4.69) is 15.6 Å². The highest BCUT2D eigenvalue weighted by Crippen LogP contribution is 2.30. The summed E-state index contributed by atoms with van der Waals surface area (Å²) in [6, 6.07) is 10.3. The van der Waals surface area contributed by atoms with Crippen LogP contribution in [0.25, 0.3) is 0 Å². The number of halogens is 3. The van der Waals surface area contributed by atoms with Crippen molar-refractivity contribution in [2.75, 3.05) is 14.2 Å².